The lowest BCUT2D eigenvalue weighted by atomic mass is 9.91. The minimum absolute atomic E-state index is 0.0129. The van der Waals surface area contributed by atoms with E-state index in [1.165, 1.54) is 12.8 Å². The molecule has 1 aliphatic rings. The standard InChI is InChI=1S/C11H18O2/c1-3-4-5-6-11(7-8-11)9(2)10(12)13/h2-8H2,1H3,(H,12,13). The van der Waals surface area contributed by atoms with Crippen molar-refractivity contribution in [3.05, 3.63) is 12.2 Å². The Labute approximate surface area is 79.6 Å². The van der Waals surface area contributed by atoms with Gasteiger partial charge in [0.2, 0.25) is 0 Å². The highest BCUT2D eigenvalue weighted by molar-refractivity contribution is 5.88. The molecule has 1 rings (SSSR count). The van der Waals surface area contributed by atoms with E-state index in [9.17, 15) is 4.79 Å². The largest absolute Gasteiger partial charge is 0.478 e. The first-order chi connectivity index (χ1) is 6.12. The van der Waals surface area contributed by atoms with Gasteiger partial charge in [-0.05, 0) is 19.3 Å². The van der Waals surface area contributed by atoms with Gasteiger partial charge in [-0.15, -0.1) is 0 Å². The molecule has 0 aliphatic heterocycles. The molecule has 2 nitrogen and oxygen atoms in total. The molecule has 1 N–H and O–H groups in total. The first-order valence-corrected chi connectivity index (χ1v) is 5.05. The molecule has 0 aromatic heterocycles. The van der Waals surface area contributed by atoms with Crippen molar-refractivity contribution in [3.8, 4) is 0 Å². The van der Waals surface area contributed by atoms with Gasteiger partial charge in [-0.2, -0.15) is 0 Å². The highest BCUT2D eigenvalue weighted by Gasteiger charge is 2.46. The maximum atomic E-state index is 10.7. The van der Waals surface area contributed by atoms with Gasteiger partial charge in [0.1, 0.15) is 0 Å². The molecule has 1 saturated carbocycles. The van der Waals surface area contributed by atoms with Gasteiger partial charge in [0.25, 0.3) is 0 Å². The van der Waals surface area contributed by atoms with E-state index in [0.717, 1.165) is 25.7 Å². The average Bonchev–Trinajstić information content (AvgIpc) is 2.85. The van der Waals surface area contributed by atoms with Crippen molar-refractivity contribution in [2.45, 2.75) is 45.4 Å². The lowest BCUT2D eigenvalue weighted by Crippen LogP contribution is -2.12. The summed E-state index contributed by atoms with van der Waals surface area (Å²) in [6, 6.07) is 0. The van der Waals surface area contributed by atoms with Gasteiger partial charge in [0, 0.05) is 11.0 Å². The Kier molecular flexibility index (Phi) is 3.12. The fourth-order valence-electron chi connectivity index (χ4n) is 1.79. The van der Waals surface area contributed by atoms with E-state index in [2.05, 4.69) is 13.5 Å². The van der Waals surface area contributed by atoms with Crippen LogP contribution < -0.4 is 0 Å². The Morgan fingerprint density at radius 2 is 2.08 bits per heavy atom. The molecule has 0 aromatic carbocycles. The van der Waals surface area contributed by atoms with Gasteiger partial charge in [-0.3, -0.25) is 0 Å². The van der Waals surface area contributed by atoms with Crippen LogP contribution in [0.25, 0.3) is 0 Å². The second kappa shape index (κ2) is 3.95. The first-order valence-electron chi connectivity index (χ1n) is 5.05. The van der Waals surface area contributed by atoms with E-state index < -0.39 is 5.97 Å². The number of carboxylic acid groups (broad SMARTS) is 1. The van der Waals surface area contributed by atoms with Crippen LogP contribution in [-0.2, 0) is 4.79 Å². The fourth-order valence-corrected chi connectivity index (χ4v) is 1.79. The third kappa shape index (κ3) is 2.33. The predicted molar refractivity (Wildman–Crippen MR) is 52.6 cm³/mol. The van der Waals surface area contributed by atoms with Crippen molar-refractivity contribution in [1.82, 2.24) is 0 Å². The van der Waals surface area contributed by atoms with Crippen LogP contribution in [0.15, 0.2) is 12.2 Å². The minimum Gasteiger partial charge on any atom is -0.478 e. The van der Waals surface area contributed by atoms with Crippen LogP contribution in [0.2, 0.25) is 0 Å². The van der Waals surface area contributed by atoms with Crippen LogP contribution in [0.5, 0.6) is 0 Å². The predicted octanol–water partition coefficient (Wildman–Crippen LogP) is 2.99. The van der Waals surface area contributed by atoms with Crippen molar-refractivity contribution in [2.24, 2.45) is 5.41 Å². The molecule has 0 amide bonds. The minimum atomic E-state index is -0.811. The Bertz CT molecular complexity index is 214. The Hall–Kier alpha value is -0.790. The van der Waals surface area contributed by atoms with E-state index >= 15 is 0 Å². The number of unbranched alkanes of at least 4 members (excludes halogenated alkanes) is 2. The normalized spacial score (nSPS) is 18.2. The molecule has 13 heavy (non-hydrogen) atoms. The van der Waals surface area contributed by atoms with Crippen molar-refractivity contribution < 1.29 is 9.90 Å². The van der Waals surface area contributed by atoms with Gasteiger partial charge in [-0.25, -0.2) is 4.79 Å². The van der Waals surface area contributed by atoms with Gasteiger partial charge in [0.15, 0.2) is 0 Å². The third-order valence-electron chi connectivity index (χ3n) is 3.01. The summed E-state index contributed by atoms with van der Waals surface area (Å²) >= 11 is 0. The molecule has 0 unspecified atom stereocenters. The highest BCUT2D eigenvalue weighted by atomic mass is 16.4. The monoisotopic (exact) mass is 182 g/mol. The Morgan fingerprint density at radius 3 is 2.46 bits per heavy atom. The summed E-state index contributed by atoms with van der Waals surface area (Å²) in [6.45, 7) is 5.83. The number of carbonyl (C=O) groups is 1. The summed E-state index contributed by atoms with van der Waals surface area (Å²) in [5.41, 5.74) is 0.421. The smallest absolute Gasteiger partial charge is 0.331 e. The topological polar surface area (TPSA) is 37.3 Å². The SMILES string of the molecule is C=C(C(=O)O)C1(CCCCC)CC1. The lowest BCUT2D eigenvalue weighted by molar-refractivity contribution is -0.133. The molecule has 0 spiro atoms. The molecule has 1 aliphatic carbocycles. The first kappa shape index (κ1) is 10.3. The molecular formula is C11H18O2. The number of carboxylic acids is 1. The summed E-state index contributed by atoms with van der Waals surface area (Å²) in [4.78, 5) is 10.7. The molecule has 0 aromatic rings. The molecule has 2 heteroatoms. The number of aliphatic carboxylic acids is 1. The van der Waals surface area contributed by atoms with Crippen molar-refractivity contribution in [1.29, 1.82) is 0 Å². The maximum Gasteiger partial charge on any atom is 0.331 e. The van der Waals surface area contributed by atoms with Gasteiger partial charge in [0.05, 0.1) is 0 Å². The Balaban J connectivity index is 2.38. The quantitative estimate of drug-likeness (QED) is 0.506. The van der Waals surface area contributed by atoms with Crippen LogP contribution in [0, 0.1) is 5.41 Å². The highest BCUT2D eigenvalue weighted by Crippen LogP contribution is 2.55. The van der Waals surface area contributed by atoms with Crippen molar-refractivity contribution in [3.63, 3.8) is 0 Å². The zero-order valence-corrected chi connectivity index (χ0v) is 8.31. The summed E-state index contributed by atoms with van der Waals surface area (Å²) in [7, 11) is 0. The second-order valence-corrected chi connectivity index (χ2v) is 4.02. The lowest BCUT2D eigenvalue weighted by Gasteiger charge is -2.14. The van der Waals surface area contributed by atoms with Gasteiger partial charge < -0.3 is 5.11 Å². The van der Waals surface area contributed by atoms with Crippen LogP contribution in [0.3, 0.4) is 0 Å². The van der Waals surface area contributed by atoms with Gasteiger partial charge in [-0.1, -0.05) is 32.8 Å². The van der Waals surface area contributed by atoms with E-state index in [4.69, 9.17) is 5.11 Å². The third-order valence-corrected chi connectivity index (χ3v) is 3.01. The molecule has 0 bridgehead atoms. The summed E-state index contributed by atoms with van der Waals surface area (Å²) in [5.74, 6) is -0.811. The van der Waals surface area contributed by atoms with E-state index in [0.29, 0.717) is 5.57 Å². The molecule has 0 radical (unpaired) electrons. The van der Waals surface area contributed by atoms with Crippen LogP contribution in [0.4, 0.5) is 0 Å². The zero-order chi connectivity index (χ0) is 9.90. The average molecular weight is 182 g/mol. The van der Waals surface area contributed by atoms with E-state index in [-0.39, 0.29) is 5.41 Å². The summed E-state index contributed by atoms with van der Waals surface area (Å²) in [6.07, 6.45) is 6.61. The molecule has 74 valence electrons. The van der Waals surface area contributed by atoms with Crippen LogP contribution in [0.1, 0.15) is 45.4 Å². The Morgan fingerprint density at radius 1 is 1.46 bits per heavy atom. The molecule has 0 atom stereocenters. The molecule has 1 fully saturated rings. The zero-order valence-electron chi connectivity index (χ0n) is 8.31. The second-order valence-electron chi connectivity index (χ2n) is 4.02. The van der Waals surface area contributed by atoms with E-state index in [1.807, 2.05) is 0 Å². The summed E-state index contributed by atoms with van der Waals surface area (Å²) in [5, 5.41) is 8.81. The van der Waals surface area contributed by atoms with Crippen molar-refractivity contribution >= 4 is 5.97 Å². The summed E-state index contributed by atoms with van der Waals surface area (Å²) < 4.78 is 0. The number of hydrogen-bond donors (Lipinski definition) is 1. The van der Waals surface area contributed by atoms with E-state index in [1.54, 1.807) is 0 Å². The van der Waals surface area contributed by atoms with Gasteiger partial charge >= 0.3 is 5.97 Å². The number of rotatable bonds is 6. The molecule has 0 heterocycles. The van der Waals surface area contributed by atoms with Crippen molar-refractivity contribution in [2.75, 3.05) is 0 Å². The van der Waals surface area contributed by atoms with Crippen LogP contribution in [-0.4, -0.2) is 11.1 Å². The van der Waals surface area contributed by atoms with Crippen LogP contribution >= 0.6 is 0 Å². The maximum absolute atomic E-state index is 10.7. The number of hydrogen-bond acceptors (Lipinski definition) is 1. The molecule has 0 saturated heterocycles. The molecular weight excluding hydrogens is 164 g/mol. The fraction of sp³-hybridized carbons (Fsp3) is 0.727.